The Labute approximate surface area is 111 Å². The molecule has 2 nitrogen and oxygen atoms in total. The summed E-state index contributed by atoms with van der Waals surface area (Å²) in [5.74, 6) is -0.877. The topological polar surface area (TPSA) is 29.3 Å². The molecule has 100 valence electrons. The molecule has 0 radical (unpaired) electrons. The molecule has 0 saturated heterocycles. The molecule has 0 spiro atoms. The minimum Gasteiger partial charge on any atom is -0.368 e. The Morgan fingerprint density at radius 2 is 1.79 bits per heavy atom. The van der Waals surface area contributed by atoms with E-state index in [1.54, 1.807) is 11.9 Å². The first kappa shape index (κ1) is 13.5. The maximum atomic E-state index is 13.6. The Bertz CT molecular complexity index is 570. The van der Waals surface area contributed by atoms with Crippen LogP contribution < -0.4 is 10.6 Å². The van der Waals surface area contributed by atoms with Crippen molar-refractivity contribution in [3.05, 3.63) is 65.2 Å². The van der Waals surface area contributed by atoms with E-state index >= 15 is 0 Å². The quantitative estimate of drug-likeness (QED) is 0.917. The van der Waals surface area contributed by atoms with Crippen molar-refractivity contribution in [2.24, 2.45) is 5.73 Å². The van der Waals surface area contributed by atoms with E-state index in [4.69, 9.17) is 5.73 Å². The lowest BCUT2D eigenvalue weighted by Crippen LogP contribution is -2.18. The Morgan fingerprint density at radius 3 is 2.53 bits per heavy atom. The van der Waals surface area contributed by atoms with Crippen molar-refractivity contribution in [2.75, 3.05) is 11.9 Å². The minimum absolute atomic E-state index is 0.248. The molecule has 2 aromatic rings. The molecule has 0 unspecified atom stereocenters. The molecule has 2 aromatic carbocycles. The van der Waals surface area contributed by atoms with Gasteiger partial charge in [-0.15, -0.1) is 0 Å². The van der Waals surface area contributed by atoms with Crippen LogP contribution in [0, 0.1) is 11.6 Å². The standard InChI is InChI=1S/C15H16F2N2/c1-19(15-8-13(16)5-6-14(15)17)10-12-4-2-3-11(7-12)9-18/h2-8H,9-10,18H2,1H3. The van der Waals surface area contributed by atoms with Gasteiger partial charge in [-0.25, -0.2) is 8.78 Å². The number of halogens is 2. The van der Waals surface area contributed by atoms with Gasteiger partial charge in [0.2, 0.25) is 0 Å². The maximum absolute atomic E-state index is 13.6. The summed E-state index contributed by atoms with van der Waals surface area (Å²) in [6, 6.07) is 11.2. The molecule has 0 fully saturated rings. The number of rotatable bonds is 4. The highest BCUT2D eigenvalue weighted by Gasteiger charge is 2.09. The molecule has 0 atom stereocenters. The lowest BCUT2D eigenvalue weighted by molar-refractivity contribution is 0.596. The largest absolute Gasteiger partial charge is 0.368 e. The second-order valence-corrected chi connectivity index (χ2v) is 4.48. The summed E-state index contributed by atoms with van der Waals surface area (Å²) in [5.41, 5.74) is 7.86. The van der Waals surface area contributed by atoms with Crippen molar-refractivity contribution >= 4 is 5.69 Å². The van der Waals surface area contributed by atoms with Crippen LogP contribution >= 0.6 is 0 Å². The van der Waals surface area contributed by atoms with Crippen molar-refractivity contribution in [2.45, 2.75) is 13.1 Å². The van der Waals surface area contributed by atoms with Crippen LogP contribution in [-0.4, -0.2) is 7.05 Å². The minimum atomic E-state index is -0.445. The molecule has 4 heteroatoms. The summed E-state index contributed by atoms with van der Waals surface area (Å²) in [7, 11) is 1.73. The van der Waals surface area contributed by atoms with Crippen molar-refractivity contribution in [3.63, 3.8) is 0 Å². The number of benzene rings is 2. The van der Waals surface area contributed by atoms with Crippen LogP contribution in [0.3, 0.4) is 0 Å². The average molecular weight is 262 g/mol. The highest BCUT2D eigenvalue weighted by Crippen LogP contribution is 2.21. The van der Waals surface area contributed by atoms with Gasteiger partial charge in [0.15, 0.2) is 0 Å². The number of nitrogens with zero attached hydrogens (tertiary/aromatic N) is 1. The molecule has 0 aliphatic heterocycles. The van der Waals surface area contributed by atoms with Gasteiger partial charge in [0, 0.05) is 26.2 Å². The zero-order chi connectivity index (χ0) is 13.8. The number of anilines is 1. The normalized spacial score (nSPS) is 10.5. The van der Waals surface area contributed by atoms with Crippen LogP contribution in [0.4, 0.5) is 14.5 Å². The van der Waals surface area contributed by atoms with Gasteiger partial charge in [0.05, 0.1) is 5.69 Å². The number of hydrogen-bond acceptors (Lipinski definition) is 2. The van der Waals surface area contributed by atoms with Gasteiger partial charge < -0.3 is 10.6 Å². The molecular weight excluding hydrogens is 246 g/mol. The van der Waals surface area contributed by atoms with Crippen LogP contribution in [-0.2, 0) is 13.1 Å². The number of hydrogen-bond donors (Lipinski definition) is 1. The molecule has 0 aliphatic carbocycles. The zero-order valence-electron chi connectivity index (χ0n) is 10.7. The monoisotopic (exact) mass is 262 g/mol. The summed E-state index contributed by atoms with van der Waals surface area (Å²) in [6.45, 7) is 0.958. The SMILES string of the molecule is CN(Cc1cccc(CN)c1)c1cc(F)ccc1F. The molecule has 0 saturated carbocycles. The van der Waals surface area contributed by atoms with E-state index in [0.29, 0.717) is 13.1 Å². The molecule has 0 heterocycles. The van der Waals surface area contributed by atoms with Gasteiger partial charge in [-0.1, -0.05) is 24.3 Å². The van der Waals surface area contributed by atoms with E-state index in [0.717, 1.165) is 23.3 Å². The summed E-state index contributed by atoms with van der Waals surface area (Å²) < 4.78 is 26.8. The molecule has 0 amide bonds. The lowest BCUT2D eigenvalue weighted by Gasteiger charge is -2.20. The first-order valence-electron chi connectivity index (χ1n) is 6.04. The Kier molecular flexibility index (Phi) is 4.12. The van der Waals surface area contributed by atoms with E-state index < -0.39 is 11.6 Å². The van der Waals surface area contributed by atoms with E-state index in [1.165, 1.54) is 6.07 Å². The first-order chi connectivity index (χ1) is 9.10. The molecule has 2 rings (SSSR count). The Morgan fingerprint density at radius 1 is 1.05 bits per heavy atom. The molecule has 0 aromatic heterocycles. The average Bonchev–Trinajstić information content (AvgIpc) is 2.41. The Hall–Kier alpha value is -1.94. The molecule has 0 aliphatic rings. The third kappa shape index (κ3) is 3.29. The summed E-state index contributed by atoms with van der Waals surface area (Å²) in [4.78, 5) is 1.67. The zero-order valence-corrected chi connectivity index (χ0v) is 10.7. The fourth-order valence-electron chi connectivity index (χ4n) is 1.99. The molecule has 2 N–H and O–H groups in total. The van der Waals surface area contributed by atoms with Gasteiger partial charge in [-0.3, -0.25) is 0 Å². The van der Waals surface area contributed by atoms with Gasteiger partial charge in [0.1, 0.15) is 11.6 Å². The third-order valence-electron chi connectivity index (χ3n) is 2.97. The van der Waals surface area contributed by atoms with Crippen molar-refractivity contribution in [3.8, 4) is 0 Å². The van der Waals surface area contributed by atoms with E-state index in [2.05, 4.69) is 0 Å². The smallest absolute Gasteiger partial charge is 0.146 e. The summed E-state index contributed by atoms with van der Waals surface area (Å²) in [5, 5.41) is 0. The predicted octanol–water partition coefficient (Wildman–Crippen LogP) is 3.06. The van der Waals surface area contributed by atoms with Crippen molar-refractivity contribution in [1.82, 2.24) is 0 Å². The highest BCUT2D eigenvalue weighted by molar-refractivity contribution is 5.48. The van der Waals surface area contributed by atoms with Gasteiger partial charge in [-0.2, -0.15) is 0 Å². The summed E-state index contributed by atoms with van der Waals surface area (Å²) in [6.07, 6.45) is 0. The molecule has 19 heavy (non-hydrogen) atoms. The van der Waals surface area contributed by atoms with Crippen LogP contribution in [0.25, 0.3) is 0 Å². The van der Waals surface area contributed by atoms with Gasteiger partial charge in [0.25, 0.3) is 0 Å². The van der Waals surface area contributed by atoms with Crippen LogP contribution in [0.1, 0.15) is 11.1 Å². The maximum Gasteiger partial charge on any atom is 0.146 e. The fourth-order valence-corrected chi connectivity index (χ4v) is 1.99. The van der Waals surface area contributed by atoms with E-state index in [1.807, 2.05) is 24.3 Å². The third-order valence-corrected chi connectivity index (χ3v) is 2.97. The van der Waals surface area contributed by atoms with Crippen LogP contribution in [0.2, 0.25) is 0 Å². The second kappa shape index (κ2) is 5.80. The number of nitrogens with two attached hydrogens (primary N) is 1. The lowest BCUT2D eigenvalue weighted by atomic mass is 10.1. The van der Waals surface area contributed by atoms with Crippen LogP contribution in [0.5, 0.6) is 0 Å². The van der Waals surface area contributed by atoms with E-state index in [9.17, 15) is 8.78 Å². The molecular formula is C15H16F2N2. The second-order valence-electron chi connectivity index (χ2n) is 4.48. The van der Waals surface area contributed by atoms with Gasteiger partial charge in [-0.05, 0) is 23.3 Å². The highest BCUT2D eigenvalue weighted by atomic mass is 19.1. The fraction of sp³-hybridized carbons (Fsp3) is 0.200. The Balaban J connectivity index is 2.20. The van der Waals surface area contributed by atoms with Gasteiger partial charge >= 0.3 is 0 Å². The van der Waals surface area contributed by atoms with Crippen molar-refractivity contribution in [1.29, 1.82) is 0 Å². The predicted molar refractivity (Wildman–Crippen MR) is 72.8 cm³/mol. The first-order valence-corrected chi connectivity index (χ1v) is 6.04. The summed E-state index contributed by atoms with van der Waals surface area (Å²) >= 11 is 0. The molecule has 0 bridgehead atoms. The van der Waals surface area contributed by atoms with Crippen LogP contribution in [0.15, 0.2) is 42.5 Å². The van der Waals surface area contributed by atoms with E-state index in [-0.39, 0.29) is 5.69 Å². The van der Waals surface area contributed by atoms with Crippen molar-refractivity contribution < 1.29 is 8.78 Å².